The molecule has 2 atom stereocenters. The number of piperazine rings is 1. The van der Waals surface area contributed by atoms with Crippen LogP contribution in [0.25, 0.3) is 0 Å². The number of ether oxygens (including phenoxy) is 1. The van der Waals surface area contributed by atoms with Gasteiger partial charge in [0.1, 0.15) is 0 Å². The molecule has 3 aliphatic heterocycles. The second-order valence-corrected chi connectivity index (χ2v) is 8.67. The third-order valence-electron chi connectivity index (χ3n) is 6.90. The molecule has 3 aliphatic rings. The zero-order valence-corrected chi connectivity index (χ0v) is 17.1. The highest BCUT2D eigenvalue weighted by Crippen LogP contribution is 2.25. The summed E-state index contributed by atoms with van der Waals surface area (Å²) in [6, 6.07) is 13.0. The van der Waals surface area contributed by atoms with Gasteiger partial charge in [-0.15, -0.1) is 0 Å². The van der Waals surface area contributed by atoms with Crippen LogP contribution in [0.3, 0.4) is 0 Å². The fraction of sp³-hybridized carbons (Fsp3) is 0.739. The van der Waals surface area contributed by atoms with E-state index in [1.54, 1.807) is 0 Å². The molecule has 0 unspecified atom stereocenters. The average molecular weight is 372 g/mol. The fourth-order valence-electron chi connectivity index (χ4n) is 5.31. The molecule has 4 nitrogen and oxygen atoms in total. The van der Waals surface area contributed by atoms with Crippen molar-refractivity contribution >= 4 is 0 Å². The lowest BCUT2D eigenvalue weighted by molar-refractivity contribution is -0.0921. The quantitative estimate of drug-likeness (QED) is 0.765. The summed E-state index contributed by atoms with van der Waals surface area (Å²) in [6.07, 6.45) is 6.41. The van der Waals surface area contributed by atoms with Crippen LogP contribution in [0.1, 0.15) is 38.2 Å². The predicted molar refractivity (Wildman–Crippen MR) is 111 cm³/mol. The smallest absolute Gasteiger partial charge is 0.0635 e. The Morgan fingerprint density at radius 1 is 0.963 bits per heavy atom. The minimum Gasteiger partial charge on any atom is -0.378 e. The van der Waals surface area contributed by atoms with E-state index in [0.717, 1.165) is 19.3 Å². The van der Waals surface area contributed by atoms with E-state index in [2.05, 4.69) is 52.0 Å². The standard InChI is InChI=1S/C23H37N3O/c1-2-6-22-18-27-19-23-17-25(15-16-26(22)23)21-10-13-24(14-11-21)12-9-20-7-4-3-5-8-20/h3-5,7-8,21-23H,2,6,9-19H2,1H3/t22-,23+/m0/s1. The molecule has 0 amide bonds. The van der Waals surface area contributed by atoms with Crippen molar-refractivity contribution in [3.8, 4) is 0 Å². The van der Waals surface area contributed by atoms with Gasteiger partial charge in [-0.05, 0) is 44.3 Å². The Kier molecular flexibility index (Phi) is 6.82. The Balaban J connectivity index is 1.22. The molecule has 0 aromatic heterocycles. The van der Waals surface area contributed by atoms with Crippen LogP contribution in [-0.4, -0.2) is 85.3 Å². The van der Waals surface area contributed by atoms with Crippen molar-refractivity contribution in [1.29, 1.82) is 0 Å². The van der Waals surface area contributed by atoms with Crippen LogP contribution in [0.2, 0.25) is 0 Å². The monoisotopic (exact) mass is 371 g/mol. The first-order valence-corrected chi connectivity index (χ1v) is 11.2. The van der Waals surface area contributed by atoms with Crippen molar-refractivity contribution in [2.24, 2.45) is 0 Å². The van der Waals surface area contributed by atoms with Gasteiger partial charge in [-0.2, -0.15) is 0 Å². The minimum absolute atomic E-state index is 0.625. The lowest BCUT2D eigenvalue weighted by atomic mass is 9.98. The second-order valence-electron chi connectivity index (χ2n) is 8.67. The van der Waals surface area contributed by atoms with Crippen LogP contribution in [0.15, 0.2) is 30.3 Å². The Hall–Kier alpha value is -0.940. The highest BCUT2D eigenvalue weighted by molar-refractivity contribution is 5.14. The summed E-state index contributed by atoms with van der Waals surface area (Å²) >= 11 is 0. The maximum Gasteiger partial charge on any atom is 0.0635 e. The zero-order valence-electron chi connectivity index (χ0n) is 17.1. The topological polar surface area (TPSA) is 19.0 Å². The summed E-state index contributed by atoms with van der Waals surface area (Å²) in [7, 11) is 0. The van der Waals surface area contributed by atoms with Crippen molar-refractivity contribution in [3.63, 3.8) is 0 Å². The van der Waals surface area contributed by atoms with E-state index in [1.807, 2.05) is 0 Å². The summed E-state index contributed by atoms with van der Waals surface area (Å²) in [5.74, 6) is 0. The molecule has 27 heavy (non-hydrogen) atoms. The first kappa shape index (κ1) is 19.4. The van der Waals surface area contributed by atoms with Gasteiger partial charge in [-0.1, -0.05) is 43.7 Å². The predicted octanol–water partition coefficient (Wildman–Crippen LogP) is 2.88. The second kappa shape index (κ2) is 9.51. The zero-order chi connectivity index (χ0) is 18.5. The molecule has 1 aromatic rings. The molecule has 3 saturated heterocycles. The molecule has 4 heteroatoms. The van der Waals surface area contributed by atoms with Crippen LogP contribution in [0.4, 0.5) is 0 Å². The molecule has 3 fully saturated rings. The van der Waals surface area contributed by atoms with E-state index < -0.39 is 0 Å². The SMILES string of the molecule is CCC[C@H]1COC[C@H]2CN(C3CCN(CCc4ccccc4)CC3)CCN12. The maximum absolute atomic E-state index is 5.95. The van der Waals surface area contributed by atoms with E-state index in [1.165, 1.54) is 76.9 Å². The minimum atomic E-state index is 0.625. The largest absolute Gasteiger partial charge is 0.378 e. The molecule has 150 valence electrons. The van der Waals surface area contributed by atoms with Crippen molar-refractivity contribution in [1.82, 2.24) is 14.7 Å². The van der Waals surface area contributed by atoms with Gasteiger partial charge in [0.25, 0.3) is 0 Å². The number of morpholine rings is 1. The summed E-state index contributed by atoms with van der Waals surface area (Å²) in [5, 5.41) is 0. The van der Waals surface area contributed by atoms with Crippen LogP contribution in [0.5, 0.6) is 0 Å². The maximum atomic E-state index is 5.95. The van der Waals surface area contributed by atoms with E-state index >= 15 is 0 Å². The summed E-state index contributed by atoms with van der Waals surface area (Å²) < 4.78 is 5.95. The van der Waals surface area contributed by atoms with E-state index in [4.69, 9.17) is 4.74 Å². The van der Waals surface area contributed by atoms with Gasteiger partial charge in [0.15, 0.2) is 0 Å². The molecule has 0 N–H and O–H groups in total. The van der Waals surface area contributed by atoms with Gasteiger partial charge >= 0.3 is 0 Å². The van der Waals surface area contributed by atoms with Gasteiger partial charge in [0.2, 0.25) is 0 Å². The van der Waals surface area contributed by atoms with E-state index in [-0.39, 0.29) is 0 Å². The Morgan fingerprint density at radius 2 is 1.78 bits per heavy atom. The molecular formula is C23H37N3O. The van der Waals surface area contributed by atoms with Crippen molar-refractivity contribution in [2.45, 2.75) is 57.2 Å². The van der Waals surface area contributed by atoms with E-state index in [0.29, 0.717) is 12.1 Å². The molecule has 1 aromatic carbocycles. The number of hydrogen-bond acceptors (Lipinski definition) is 4. The Morgan fingerprint density at radius 3 is 2.56 bits per heavy atom. The number of nitrogens with zero attached hydrogens (tertiary/aromatic N) is 3. The highest BCUT2D eigenvalue weighted by Gasteiger charge is 2.37. The van der Waals surface area contributed by atoms with Crippen LogP contribution >= 0.6 is 0 Å². The lowest BCUT2D eigenvalue weighted by Crippen LogP contribution is -2.63. The fourth-order valence-corrected chi connectivity index (χ4v) is 5.31. The highest BCUT2D eigenvalue weighted by atomic mass is 16.5. The van der Waals surface area contributed by atoms with Crippen LogP contribution in [0, 0.1) is 0 Å². The third kappa shape index (κ3) is 4.92. The average Bonchev–Trinajstić information content (AvgIpc) is 2.73. The number of likely N-dealkylation sites (tertiary alicyclic amines) is 1. The number of fused-ring (bicyclic) bond motifs is 1. The Bertz CT molecular complexity index is 556. The van der Waals surface area contributed by atoms with Crippen molar-refractivity contribution in [3.05, 3.63) is 35.9 Å². The summed E-state index contributed by atoms with van der Waals surface area (Å²) in [6.45, 7) is 11.6. The molecule has 0 spiro atoms. The first-order chi connectivity index (χ1) is 13.3. The number of rotatable bonds is 6. The van der Waals surface area contributed by atoms with Gasteiger partial charge in [0.05, 0.1) is 13.2 Å². The van der Waals surface area contributed by atoms with Crippen LogP contribution in [-0.2, 0) is 11.2 Å². The third-order valence-corrected chi connectivity index (χ3v) is 6.90. The van der Waals surface area contributed by atoms with Crippen molar-refractivity contribution in [2.75, 3.05) is 52.5 Å². The van der Waals surface area contributed by atoms with Gasteiger partial charge in [-0.25, -0.2) is 0 Å². The summed E-state index contributed by atoms with van der Waals surface area (Å²) in [4.78, 5) is 8.21. The molecule has 0 radical (unpaired) electrons. The molecule has 3 heterocycles. The number of benzene rings is 1. The van der Waals surface area contributed by atoms with Gasteiger partial charge in [0, 0.05) is 44.3 Å². The van der Waals surface area contributed by atoms with Gasteiger partial charge in [-0.3, -0.25) is 9.80 Å². The molecular weight excluding hydrogens is 334 g/mol. The Labute approximate surface area is 165 Å². The van der Waals surface area contributed by atoms with Crippen LogP contribution < -0.4 is 0 Å². The molecule has 0 bridgehead atoms. The first-order valence-electron chi connectivity index (χ1n) is 11.2. The molecule has 4 rings (SSSR count). The molecule has 0 aliphatic carbocycles. The summed E-state index contributed by atoms with van der Waals surface area (Å²) in [5.41, 5.74) is 1.47. The van der Waals surface area contributed by atoms with Crippen molar-refractivity contribution < 1.29 is 4.74 Å². The lowest BCUT2D eigenvalue weighted by Gasteiger charge is -2.50. The normalized spacial score (nSPS) is 28.9. The van der Waals surface area contributed by atoms with E-state index in [9.17, 15) is 0 Å². The van der Waals surface area contributed by atoms with Gasteiger partial charge < -0.3 is 9.64 Å². The number of piperidine rings is 1. The number of hydrogen-bond donors (Lipinski definition) is 0. The molecule has 0 saturated carbocycles.